The predicted molar refractivity (Wildman–Crippen MR) is 72.5 cm³/mol. The molecule has 1 aromatic heterocycles. The molecule has 1 aromatic carbocycles. The summed E-state index contributed by atoms with van der Waals surface area (Å²) in [5, 5.41) is 26.4. The van der Waals surface area contributed by atoms with Gasteiger partial charge in [-0.2, -0.15) is 0 Å². The van der Waals surface area contributed by atoms with Gasteiger partial charge in [0.1, 0.15) is 11.5 Å². The molecule has 0 aliphatic rings. The van der Waals surface area contributed by atoms with Crippen LogP contribution < -0.4 is 0 Å². The number of hydrogen-bond acceptors (Lipinski definition) is 5. The van der Waals surface area contributed by atoms with Gasteiger partial charge in [-0.1, -0.05) is 12.1 Å². The Morgan fingerprint density at radius 3 is 2.06 bits per heavy atom. The molecule has 0 saturated carbocycles. The van der Waals surface area contributed by atoms with Crippen molar-refractivity contribution in [2.24, 2.45) is 10.2 Å². The molecule has 2 rings (SSSR count). The molecule has 84 valence electrons. The Morgan fingerprint density at radius 2 is 1.50 bits per heavy atom. The number of aromatic hydroxyl groups is 2. The Balaban J connectivity index is 0.00000144. The molecule has 1 heterocycles. The number of hydrogen-bond donors (Lipinski definition) is 2. The summed E-state index contributed by atoms with van der Waals surface area (Å²) in [5.74, 6) is 0.157. The Morgan fingerprint density at radius 1 is 0.833 bits per heavy atom. The van der Waals surface area contributed by atoms with Gasteiger partial charge in [-0.3, -0.25) is 0 Å². The number of aromatic nitrogens is 1. The van der Waals surface area contributed by atoms with Gasteiger partial charge in [-0.25, -0.2) is 4.98 Å². The van der Waals surface area contributed by atoms with E-state index in [1.54, 1.807) is 24.4 Å². The van der Waals surface area contributed by atoms with E-state index in [0.717, 1.165) is 0 Å². The zero-order valence-corrected chi connectivity index (χ0v) is 8.28. The second-order valence-corrected chi connectivity index (χ2v) is 3.03. The Hall–Kier alpha value is -0.430. The third-order valence-electron chi connectivity index (χ3n) is 1.90. The first-order chi connectivity index (χ1) is 7.77. The van der Waals surface area contributed by atoms with E-state index in [4.69, 9.17) is 0 Å². The topological polar surface area (TPSA) is 78.1 Å². The molecular weight excluding hydrogens is 252 g/mol. The number of nitrogens with zero attached hydrogens (tertiary/aromatic N) is 3. The van der Waals surface area contributed by atoms with Crippen molar-refractivity contribution in [3.63, 3.8) is 0 Å². The summed E-state index contributed by atoms with van der Waals surface area (Å²) >= 11 is 0. The fourth-order valence-electron chi connectivity index (χ4n) is 1.14. The number of pyridine rings is 1. The van der Waals surface area contributed by atoms with Crippen LogP contribution in [-0.4, -0.2) is 74.3 Å². The van der Waals surface area contributed by atoms with E-state index in [2.05, 4.69) is 15.2 Å². The van der Waals surface area contributed by atoms with Gasteiger partial charge in [-0.15, -0.1) is 10.2 Å². The zero-order valence-electron chi connectivity index (χ0n) is 8.28. The summed E-state index contributed by atoms with van der Waals surface area (Å²) in [7, 11) is 0. The van der Waals surface area contributed by atoms with Crippen LogP contribution in [0.2, 0.25) is 0 Å². The zero-order chi connectivity index (χ0) is 11.4. The molecule has 0 atom stereocenters. The van der Waals surface area contributed by atoms with Gasteiger partial charge >= 0.3 is 59.1 Å². The second kappa shape index (κ2) is 8.63. The first-order valence-corrected chi connectivity index (χ1v) is 4.61. The molecule has 0 fully saturated rings. The van der Waals surface area contributed by atoms with Crippen molar-refractivity contribution in [3.05, 3.63) is 42.6 Å². The van der Waals surface area contributed by atoms with Crippen LogP contribution in [0.5, 0.6) is 11.5 Å². The normalized spacial score (nSPS) is 9.56. The van der Waals surface area contributed by atoms with Gasteiger partial charge < -0.3 is 10.2 Å². The van der Waals surface area contributed by atoms with Crippen LogP contribution in [0.3, 0.4) is 0 Å². The van der Waals surface area contributed by atoms with Crippen LogP contribution in [0.4, 0.5) is 11.5 Å². The van der Waals surface area contributed by atoms with E-state index in [1.807, 2.05) is 0 Å². The average Bonchev–Trinajstić information content (AvgIpc) is 2.30. The van der Waals surface area contributed by atoms with Crippen LogP contribution in [-0.2, 0) is 0 Å². The van der Waals surface area contributed by atoms with Crippen molar-refractivity contribution in [1.82, 2.24) is 4.98 Å². The van der Waals surface area contributed by atoms with Crippen LogP contribution in [0.15, 0.2) is 52.8 Å². The third-order valence-corrected chi connectivity index (χ3v) is 1.90. The molecule has 0 aliphatic heterocycles. The van der Waals surface area contributed by atoms with Crippen LogP contribution >= 0.6 is 0 Å². The number of phenolic OH excluding ortho intramolecular Hbond substituents is 2. The number of rotatable bonds is 2. The summed E-state index contributed by atoms with van der Waals surface area (Å²) in [4.78, 5) is 3.93. The van der Waals surface area contributed by atoms with Gasteiger partial charge in [0.2, 0.25) is 0 Å². The summed E-state index contributed by atoms with van der Waals surface area (Å²) in [6.07, 6.45) is 1.58. The van der Waals surface area contributed by atoms with Crippen molar-refractivity contribution in [2.45, 2.75) is 0 Å². The fraction of sp³-hybridized carbons (Fsp3) is 0. The molecule has 0 aliphatic carbocycles. The van der Waals surface area contributed by atoms with Crippen molar-refractivity contribution < 1.29 is 10.2 Å². The third kappa shape index (κ3) is 4.68. The molecule has 0 bridgehead atoms. The molecule has 2 aromatic rings. The molecule has 0 radical (unpaired) electrons. The van der Waals surface area contributed by atoms with Gasteiger partial charge in [0.25, 0.3) is 0 Å². The van der Waals surface area contributed by atoms with Crippen LogP contribution in [0.25, 0.3) is 0 Å². The van der Waals surface area contributed by atoms with E-state index < -0.39 is 0 Å². The molecule has 5 nitrogen and oxygen atoms in total. The molecular formula is C11H11N3Na2O2. The van der Waals surface area contributed by atoms with E-state index >= 15 is 0 Å². The van der Waals surface area contributed by atoms with Crippen molar-refractivity contribution in [2.75, 3.05) is 0 Å². The van der Waals surface area contributed by atoms with Gasteiger partial charge in [0, 0.05) is 6.20 Å². The van der Waals surface area contributed by atoms with Crippen molar-refractivity contribution in [1.29, 1.82) is 0 Å². The molecule has 0 unspecified atom stereocenters. The minimum atomic E-state index is -0.125. The van der Waals surface area contributed by atoms with E-state index in [9.17, 15) is 10.2 Å². The monoisotopic (exact) mass is 263 g/mol. The Labute approximate surface area is 149 Å². The van der Waals surface area contributed by atoms with Crippen LogP contribution in [0.1, 0.15) is 0 Å². The number of phenols is 2. The Bertz CT molecular complexity index is 501. The quantitative estimate of drug-likeness (QED) is 0.638. The minimum absolute atomic E-state index is 0. The summed E-state index contributed by atoms with van der Waals surface area (Å²) in [5.41, 5.74) is 0.0353. The first-order valence-electron chi connectivity index (χ1n) is 4.61. The summed E-state index contributed by atoms with van der Waals surface area (Å²) < 4.78 is 0. The van der Waals surface area contributed by atoms with Crippen molar-refractivity contribution >= 4 is 70.6 Å². The van der Waals surface area contributed by atoms with Crippen molar-refractivity contribution in [3.8, 4) is 11.5 Å². The maximum absolute atomic E-state index is 9.44. The van der Waals surface area contributed by atoms with E-state index in [0.29, 0.717) is 5.82 Å². The van der Waals surface area contributed by atoms with E-state index in [-0.39, 0.29) is 76.3 Å². The molecule has 0 amide bonds. The Kier molecular flexibility index (Phi) is 8.43. The fourth-order valence-corrected chi connectivity index (χ4v) is 1.14. The second-order valence-electron chi connectivity index (χ2n) is 3.03. The average molecular weight is 263 g/mol. The van der Waals surface area contributed by atoms with Gasteiger partial charge in [-0.05, 0) is 24.3 Å². The number of azo groups is 1. The summed E-state index contributed by atoms with van der Waals surface area (Å²) in [6, 6.07) is 9.56. The van der Waals surface area contributed by atoms with Gasteiger partial charge in [0.15, 0.2) is 11.5 Å². The molecule has 0 spiro atoms. The van der Waals surface area contributed by atoms with Gasteiger partial charge in [0.05, 0.1) is 0 Å². The van der Waals surface area contributed by atoms with E-state index in [1.165, 1.54) is 18.2 Å². The first kappa shape index (κ1) is 17.6. The van der Waals surface area contributed by atoms with Crippen LogP contribution in [0, 0.1) is 0 Å². The molecule has 0 saturated heterocycles. The maximum atomic E-state index is 9.44. The number of benzene rings is 1. The molecule has 18 heavy (non-hydrogen) atoms. The summed E-state index contributed by atoms with van der Waals surface area (Å²) in [6.45, 7) is 0. The SMILES string of the molecule is Oc1cccc(O)c1/N=N/c1ccccn1.[NaH].[NaH]. The standard InChI is InChI=1S/C11H9N3O2.2Na.2H/c15-8-4-3-5-9(16)11(8)14-13-10-6-1-2-7-12-10;;;;/h1-7,15-16H;;;;/b14-13+;;;;. The molecule has 7 heteroatoms. The predicted octanol–water partition coefficient (Wildman–Crippen LogP) is 1.61. The molecule has 2 N–H and O–H groups in total.